The van der Waals surface area contributed by atoms with Crippen molar-refractivity contribution in [3.63, 3.8) is 0 Å². The van der Waals surface area contributed by atoms with E-state index in [-0.39, 0.29) is 11.9 Å². The summed E-state index contributed by atoms with van der Waals surface area (Å²) in [4.78, 5) is 0. The number of oxime groups is 1. The van der Waals surface area contributed by atoms with E-state index in [1.807, 2.05) is 31.2 Å². The minimum absolute atomic E-state index is 0.160. The molecule has 0 spiro atoms. The van der Waals surface area contributed by atoms with Crippen molar-refractivity contribution in [3.05, 3.63) is 28.7 Å². The topological polar surface area (TPSA) is 70.6 Å². The van der Waals surface area contributed by atoms with Gasteiger partial charge >= 0.3 is 0 Å². The van der Waals surface area contributed by atoms with Gasteiger partial charge in [-0.15, -0.1) is 0 Å². The predicted octanol–water partition coefficient (Wildman–Crippen LogP) is 2.00. The normalized spacial score (nSPS) is 13.7. The highest BCUT2D eigenvalue weighted by molar-refractivity contribution is 9.10. The summed E-state index contributed by atoms with van der Waals surface area (Å²) < 4.78 is 1.01. The maximum absolute atomic E-state index is 8.44. The maximum Gasteiger partial charge on any atom is 0.161 e. The molecule has 0 aliphatic rings. The molecule has 0 aromatic heterocycles. The zero-order valence-electron chi connectivity index (χ0n) is 7.74. The van der Waals surface area contributed by atoms with Crippen molar-refractivity contribution in [2.75, 3.05) is 5.32 Å². The second-order valence-electron chi connectivity index (χ2n) is 2.90. The van der Waals surface area contributed by atoms with Crippen LogP contribution in [0.1, 0.15) is 6.92 Å². The fraction of sp³-hybridized carbons (Fsp3) is 0.222. The zero-order valence-corrected chi connectivity index (χ0v) is 9.32. The lowest BCUT2D eigenvalue weighted by Crippen LogP contribution is -2.32. The Morgan fingerprint density at radius 3 is 2.57 bits per heavy atom. The Labute approximate surface area is 90.9 Å². The summed E-state index contributed by atoms with van der Waals surface area (Å²) in [5.74, 6) is 0.160. The Morgan fingerprint density at radius 1 is 1.50 bits per heavy atom. The van der Waals surface area contributed by atoms with Gasteiger partial charge in [-0.3, -0.25) is 0 Å². The van der Waals surface area contributed by atoms with Gasteiger partial charge in [0.1, 0.15) is 0 Å². The molecule has 0 aliphatic carbocycles. The number of nitrogens with zero attached hydrogens (tertiary/aromatic N) is 1. The third-order valence-corrected chi connectivity index (χ3v) is 2.32. The van der Waals surface area contributed by atoms with E-state index in [0.29, 0.717) is 0 Å². The van der Waals surface area contributed by atoms with Crippen LogP contribution in [0.3, 0.4) is 0 Å². The summed E-state index contributed by atoms with van der Waals surface area (Å²) in [5, 5.41) is 14.5. The zero-order chi connectivity index (χ0) is 10.6. The van der Waals surface area contributed by atoms with Crippen molar-refractivity contribution in [3.8, 4) is 0 Å². The van der Waals surface area contributed by atoms with E-state index in [1.54, 1.807) is 0 Å². The Hall–Kier alpha value is -1.23. The fourth-order valence-corrected chi connectivity index (χ4v) is 1.22. The first-order valence-corrected chi connectivity index (χ1v) is 4.92. The number of benzene rings is 1. The van der Waals surface area contributed by atoms with Crippen LogP contribution >= 0.6 is 15.9 Å². The molecule has 0 aliphatic heterocycles. The molecule has 4 nitrogen and oxygen atoms in total. The van der Waals surface area contributed by atoms with Gasteiger partial charge in [-0.2, -0.15) is 0 Å². The second kappa shape index (κ2) is 4.85. The number of halogens is 1. The van der Waals surface area contributed by atoms with Crippen molar-refractivity contribution in [2.45, 2.75) is 13.0 Å². The van der Waals surface area contributed by atoms with E-state index in [0.717, 1.165) is 10.2 Å². The second-order valence-corrected chi connectivity index (χ2v) is 3.81. The van der Waals surface area contributed by atoms with Crippen molar-refractivity contribution in [1.29, 1.82) is 0 Å². The lowest BCUT2D eigenvalue weighted by molar-refractivity contribution is 0.316. The largest absolute Gasteiger partial charge is 0.409 e. The number of hydrogen-bond acceptors (Lipinski definition) is 3. The molecule has 0 saturated heterocycles. The number of rotatable bonds is 3. The fourth-order valence-electron chi connectivity index (χ4n) is 0.957. The third kappa shape index (κ3) is 2.92. The summed E-state index contributed by atoms with van der Waals surface area (Å²) >= 11 is 3.34. The molecule has 0 fully saturated rings. The molecule has 0 radical (unpaired) electrons. The van der Waals surface area contributed by atoms with Gasteiger partial charge in [-0.05, 0) is 31.2 Å². The van der Waals surface area contributed by atoms with Crippen molar-refractivity contribution >= 4 is 27.5 Å². The molecule has 5 heteroatoms. The SMILES string of the molecule is CC(Nc1ccc(Br)cc1)C(N)=NO. The third-order valence-electron chi connectivity index (χ3n) is 1.79. The Balaban J connectivity index is 2.65. The molecule has 1 aromatic rings. The molecule has 14 heavy (non-hydrogen) atoms. The lowest BCUT2D eigenvalue weighted by atomic mass is 10.2. The molecule has 1 unspecified atom stereocenters. The molecule has 0 heterocycles. The van der Waals surface area contributed by atoms with Crippen LogP contribution in [-0.4, -0.2) is 17.1 Å². The monoisotopic (exact) mass is 257 g/mol. The quantitative estimate of drug-likeness (QED) is 0.336. The molecule has 76 valence electrons. The minimum Gasteiger partial charge on any atom is -0.409 e. The number of anilines is 1. The average Bonchev–Trinajstić information content (AvgIpc) is 2.20. The van der Waals surface area contributed by atoms with E-state index in [1.165, 1.54) is 0 Å². The summed E-state index contributed by atoms with van der Waals surface area (Å²) in [6.07, 6.45) is 0. The van der Waals surface area contributed by atoms with Gasteiger partial charge in [-0.25, -0.2) is 0 Å². The van der Waals surface area contributed by atoms with Gasteiger partial charge in [-0.1, -0.05) is 21.1 Å². The van der Waals surface area contributed by atoms with Crippen LogP contribution in [0.4, 0.5) is 5.69 Å². The first kappa shape index (κ1) is 10.8. The van der Waals surface area contributed by atoms with Crippen LogP contribution in [0.15, 0.2) is 33.9 Å². The highest BCUT2D eigenvalue weighted by atomic mass is 79.9. The molecule has 0 bridgehead atoms. The minimum atomic E-state index is -0.193. The number of hydrogen-bond donors (Lipinski definition) is 3. The Kier molecular flexibility index (Phi) is 3.76. The van der Waals surface area contributed by atoms with E-state index < -0.39 is 0 Å². The van der Waals surface area contributed by atoms with Crippen molar-refractivity contribution < 1.29 is 5.21 Å². The number of nitrogens with two attached hydrogens (primary N) is 1. The molecular formula is C9H12BrN3O. The molecule has 4 N–H and O–H groups in total. The molecule has 0 amide bonds. The van der Waals surface area contributed by atoms with Gasteiger partial charge in [0.2, 0.25) is 0 Å². The van der Waals surface area contributed by atoms with Crippen LogP contribution in [0.25, 0.3) is 0 Å². The predicted molar refractivity (Wildman–Crippen MR) is 60.6 cm³/mol. The molecular weight excluding hydrogens is 246 g/mol. The summed E-state index contributed by atoms with van der Waals surface area (Å²) in [5.41, 5.74) is 6.35. The average molecular weight is 258 g/mol. The summed E-state index contributed by atoms with van der Waals surface area (Å²) in [6, 6.07) is 7.46. The standard InChI is InChI=1S/C9H12BrN3O/c1-6(9(11)13-14)12-8-4-2-7(10)3-5-8/h2-6,12,14H,1H3,(H2,11,13). The lowest BCUT2D eigenvalue weighted by Gasteiger charge is -2.13. The smallest absolute Gasteiger partial charge is 0.161 e. The Bertz CT molecular complexity index is 323. The number of amidine groups is 1. The van der Waals surface area contributed by atoms with E-state index >= 15 is 0 Å². The van der Waals surface area contributed by atoms with Crippen LogP contribution in [-0.2, 0) is 0 Å². The van der Waals surface area contributed by atoms with Gasteiger partial charge < -0.3 is 16.3 Å². The van der Waals surface area contributed by atoms with E-state index in [9.17, 15) is 0 Å². The van der Waals surface area contributed by atoms with E-state index in [4.69, 9.17) is 10.9 Å². The van der Waals surface area contributed by atoms with Gasteiger partial charge in [0.15, 0.2) is 5.84 Å². The van der Waals surface area contributed by atoms with E-state index in [2.05, 4.69) is 26.4 Å². The highest BCUT2D eigenvalue weighted by Crippen LogP contribution is 2.14. The van der Waals surface area contributed by atoms with Crippen LogP contribution in [0.5, 0.6) is 0 Å². The number of nitrogens with one attached hydrogen (secondary N) is 1. The van der Waals surface area contributed by atoms with Gasteiger partial charge in [0.25, 0.3) is 0 Å². The van der Waals surface area contributed by atoms with Gasteiger partial charge in [0.05, 0.1) is 6.04 Å². The van der Waals surface area contributed by atoms with Crippen molar-refractivity contribution in [2.24, 2.45) is 10.9 Å². The first-order chi connectivity index (χ1) is 6.63. The molecule has 0 saturated carbocycles. The highest BCUT2D eigenvalue weighted by Gasteiger charge is 2.06. The van der Waals surface area contributed by atoms with Crippen LogP contribution < -0.4 is 11.1 Å². The van der Waals surface area contributed by atoms with Gasteiger partial charge in [0, 0.05) is 10.2 Å². The molecule has 1 rings (SSSR count). The first-order valence-electron chi connectivity index (χ1n) is 4.13. The van der Waals surface area contributed by atoms with Crippen molar-refractivity contribution in [1.82, 2.24) is 0 Å². The van der Waals surface area contributed by atoms with Crippen LogP contribution in [0.2, 0.25) is 0 Å². The van der Waals surface area contributed by atoms with Crippen LogP contribution in [0, 0.1) is 0 Å². The summed E-state index contributed by atoms with van der Waals surface area (Å²) in [7, 11) is 0. The Morgan fingerprint density at radius 2 is 2.07 bits per heavy atom. The molecule has 1 atom stereocenters. The maximum atomic E-state index is 8.44. The molecule has 1 aromatic carbocycles. The summed E-state index contributed by atoms with van der Waals surface area (Å²) in [6.45, 7) is 1.82.